The maximum Gasteiger partial charge on any atom is 0.252 e. The molecule has 3 heterocycles. The number of piperidine rings is 2. The lowest BCUT2D eigenvalue weighted by molar-refractivity contribution is -0.126. The van der Waals surface area contributed by atoms with E-state index in [2.05, 4.69) is 37.9 Å². The van der Waals surface area contributed by atoms with Gasteiger partial charge in [-0.3, -0.25) is 9.69 Å². The summed E-state index contributed by atoms with van der Waals surface area (Å²) in [6.45, 7) is 14.3. The Kier molecular flexibility index (Phi) is 7.32. The molecule has 2 aliphatic heterocycles. The number of likely N-dealkylation sites (tertiary alicyclic amines) is 1. The van der Waals surface area contributed by atoms with Gasteiger partial charge in [-0.25, -0.2) is 8.42 Å². The van der Waals surface area contributed by atoms with Gasteiger partial charge < -0.3 is 5.32 Å². The molecule has 1 amide bonds. The van der Waals surface area contributed by atoms with Crippen molar-refractivity contribution in [3.8, 4) is 0 Å². The van der Waals surface area contributed by atoms with Gasteiger partial charge in [-0.05, 0) is 64.0 Å². The van der Waals surface area contributed by atoms with Crippen molar-refractivity contribution < 1.29 is 13.2 Å². The first-order chi connectivity index (χ1) is 14.0. The maximum absolute atomic E-state index is 13.0. The molecule has 170 valence electrons. The summed E-state index contributed by atoms with van der Waals surface area (Å²) in [6.07, 6.45) is 2.71. The van der Waals surface area contributed by atoms with Crippen LogP contribution in [0, 0.1) is 24.7 Å². The second-order valence-corrected chi connectivity index (χ2v) is 13.4. The van der Waals surface area contributed by atoms with Crippen molar-refractivity contribution in [2.24, 2.45) is 17.8 Å². The molecule has 1 aromatic rings. The molecule has 3 rings (SSSR count). The zero-order chi connectivity index (χ0) is 22.1. The van der Waals surface area contributed by atoms with Crippen molar-refractivity contribution in [1.29, 1.82) is 0 Å². The van der Waals surface area contributed by atoms with Crippen LogP contribution in [0.1, 0.15) is 51.8 Å². The van der Waals surface area contributed by atoms with Gasteiger partial charge in [0.15, 0.2) is 0 Å². The molecule has 1 aromatic heterocycles. The van der Waals surface area contributed by atoms with Gasteiger partial charge in [-0.15, -0.1) is 11.3 Å². The van der Waals surface area contributed by atoms with Crippen molar-refractivity contribution in [2.45, 2.75) is 63.6 Å². The molecule has 0 spiro atoms. The van der Waals surface area contributed by atoms with Crippen molar-refractivity contribution in [3.05, 3.63) is 17.0 Å². The molecule has 0 aromatic carbocycles. The van der Waals surface area contributed by atoms with Crippen LogP contribution in [0.15, 0.2) is 16.3 Å². The van der Waals surface area contributed by atoms with Crippen molar-refractivity contribution in [1.82, 2.24) is 14.5 Å². The maximum atomic E-state index is 13.0. The zero-order valence-corrected chi connectivity index (χ0v) is 20.6. The average Bonchev–Trinajstić information content (AvgIpc) is 3.13. The Morgan fingerprint density at radius 1 is 1.20 bits per heavy atom. The summed E-state index contributed by atoms with van der Waals surface area (Å²) >= 11 is 1.29. The lowest BCUT2D eigenvalue weighted by Gasteiger charge is -2.45. The summed E-state index contributed by atoms with van der Waals surface area (Å²) in [6, 6.07) is 3.50. The fourth-order valence-corrected chi connectivity index (χ4v) is 7.73. The van der Waals surface area contributed by atoms with Gasteiger partial charge in [0.1, 0.15) is 4.21 Å². The lowest BCUT2D eigenvalue weighted by atomic mass is 9.88. The zero-order valence-electron chi connectivity index (χ0n) is 19.0. The van der Waals surface area contributed by atoms with Crippen LogP contribution >= 0.6 is 11.3 Å². The summed E-state index contributed by atoms with van der Waals surface area (Å²) in [7, 11) is -3.52. The van der Waals surface area contributed by atoms with Crippen LogP contribution in [0.25, 0.3) is 0 Å². The van der Waals surface area contributed by atoms with E-state index in [1.165, 1.54) is 22.1 Å². The van der Waals surface area contributed by atoms with E-state index in [1.807, 2.05) is 13.0 Å². The Morgan fingerprint density at radius 2 is 1.87 bits per heavy atom. The number of nitrogens with one attached hydrogen (secondary N) is 1. The Hall–Kier alpha value is -0.960. The topological polar surface area (TPSA) is 69.7 Å². The molecule has 8 heteroatoms. The second kappa shape index (κ2) is 9.27. The highest BCUT2D eigenvalue weighted by molar-refractivity contribution is 7.91. The molecule has 2 fully saturated rings. The predicted octanol–water partition coefficient (Wildman–Crippen LogP) is 3.33. The van der Waals surface area contributed by atoms with Gasteiger partial charge in [0.25, 0.3) is 10.0 Å². The van der Waals surface area contributed by atoms with Crippen LogP contribution in [-0.2, 0) is 14.8 Å². The number of hydrogen-bond donors (Lipinski definition) is 1. The molecule has 3 atom stereocenters. The van der Waals surface area contributed by atoms with Gasteiger partial charge in [0, 0.05) is 43.1 Å². The minimum atomic E-state index is -3.52. The standard InChI is InChI=1S/C22H37N3O3S2/c1-16-11-17(2)13-24(12-16)22(4,5)15-23-21(26)19-7-6-10-25(14-19)30(27,28)20-9-8-18(3)29-20/h8-9,16-17,19H,6-7,10-15H2,1-5H3,(H,23,26). The SMILES string of the molecule is Cc1ccc(S(=O)(=O)N2CCCC(C(=O)NCC(C)(C)N3CC(C)CC(C)C3)C2)s1. The molecule has 30 heavy (non-hydrogen) atoms. The Labute approximate surface area is 186 Å². The van der Waals surface area contributed by atoms with E-state index < -0.39 is 10.0 Å². The first-order valence-corrected chi connectivity index (χ1v) is 13.3. The predicted molar refractivity (Wildman–Crippen MR) is 122 cm³/mol. The highest BCUT2D eigenvalue weighted by atomic mass is 32.2. The number of amides is 1. The fraction of sp³-hybridized carbons (Fsp3) is 0.773. The van der Waals surface area contributed by atoms with Crippen LogP contribution < -0.4 is 5.32 Å². The lowest BCUT2D eigenvalue weighted by Crippen LogP contribution is -2.57. The number of rotatable bonds is 6. The molecule has 0 saturated carbocycles. The first kappa shape index (κ1) is 23.7. The van der Waals surface area contributed by atoms with Crippen LogP contribution in [0.3, 0.4) is 0 Å². The Morgan fingerprint density at radius 3 is 2.47 bits per heavy atom. The molecular weight excluding hydrogens is 418 g/mol. The highest BCUT2D eigenvalue weighted by Gasteiger charge is 2.36. The summed E-state index contributed by atoms with van der Waals surface area (Å²) < 4.78 is 27.8. The first-order valence-electron chi connectivity index (χ1n) is 11.1. The smallest absolute Gasteiger partial charge is 0.252 e. The van der Waals surface area contributed by atoms with E-state index in [4.69, 9.17) is 0 Å². The van der Waals surface area contributed by atoms with E-state index >= 15 is 0 Å². The van der Waals surface area contributed by atoms with Crippen LogP contribution in [0.2, 0.25) is 0 Å². The fourth-order valence-electron chi connectivity index (χ4n) is 4.77. The van der Waals surface area contributed by atoms with Crippen molar-refractivity contribution >= 4 is 27.3 Å². The van der Waals surface area contributed by atoms with E-state index in [-0.39, 0.29) is 23.9 Å². The molecule has 0 bridgehead atoms. The van der Waals surface area contributed by atoms with Gasteiger partial charge in [0.2, 0.25) is 5.91 Å². The summed E-state index contributed by atoms with van der Waals surface area (Å²) in [5.41, 5.74) is -0.118. The number of aryl methyl sites for hydroxylation is 1. The molecule has 6 nitrogen and oxygen atoms in total. The third-order valence-corrected chi connectivity index (χ3v) is 9.82. The normalized spacial score (nSPS) is 27.2. The molecule has 3 unspecified atom stereocenters. The molecule has 1 N–H and O–H groups in total. The number of carbonyl (C=O) groups excluding carboxylic acids is 1. The molecular formula is C22H37N3O3S2. The molecule has 2 aliphatic rings. The minimum absolute atomic E-state index is 0.0246. The number of thiophene rings is 1. The number of hydrogen-bond acceptors (Lipinski definition) is 5. The van der Waals surface area contributed by atoms with E-state index in [0.29, 0.717) is 35.6 Å². The quantitative estimate of drug-likeness (QED) is 0.714. The van der Waals surface area contributed by atoms with E-state index in [0.717, 1.165) is 24.4 Å². The van der Waals surface area contributed by atoms with Gasteiger partial charge >= 0.3 is 0 Å². The second-order valence-electron chi connectivity index (χ2n) is 9.95. The third kappa shape index (κ3) is 5.44. The molecule has 0 radical (unpaired) electrons. The van der Waals surface area contributed by atoms with Crippen LogP contribution in [0.5, 0.6) is 0 Å². The van der Waals surface area contributed by atoms with E-state index in [1.54, 1.807) is 6.07 Å². The van der Waals surface area contributed by atoms with E-state index in [9.17, 15) is 13.2 Å². The summed E-state index contributed by atoms with van der Waals surface area (Å²) in [5.74, 6) is 1.02. The summed E-state index contributed by atoms with van der Waals surface area (Å²) in [5, 5.41) is 3.14. The largest absolute Gasteiger partial charge is 0.354 e. The number of carbonyl (C=O) groups is 1. The average molecular weight is 456 g/mol. The van der Waals surface area contributed by atoms with Crippen molar-refractivity contribution in [3.63, 3.8) is 0 Å². The third-order valence-electron chi connectivity index (χ3n) is 6.48. The Bertz CT molecular complexity index is 840. The molecule has 0 aliphatic carbocycles. The Balaban J connectivity index is 1.59. The van der Waals surface area contributed by atoms with Crippen LogP contribution in [-0.4, -0.2) is 61.8 Å². The van der Waals surface area contributed by atoms with Gasteiger partial charge in [-0.2, -0.15) is 4.31 Å². The minimum Gasteiger partial charge on any atom is -0.354 e. The number of nitrogens with zero attached hydrogens (tertiary/aromatic N) is 2. The van der Waals surface area contributed by atoms with Gasteiger partial charge in [-0.1, -0.05) is 13.8 Å². The monoisotopic (exact) mass is 455 g/mol. The number of sulfonamides is 1. The summed E-state index contributed by atoms with van der Waals surface area (Å²) in [4.78, 5) is 16.4. The van der Waals surface area contributed by atoms with Gasteiger partial charge in [0.05, 0.1) is 5.92 Å². The van der Waals surface area contributed by atoms with Crippen LogP contribution in [0.4, 0.5) is 0 Å². The molecule has 2 saturated heterocycles. The highest BCUT2D eigenvalue weighted by Crippen LogP contribution is 2.29. The van der Waals surface area contributed by atoms with Crippen molar-refractivity contribution in [2.75, 3.05) is 32.7 Å².